The Morgan fingerprint density at radius 3 is 2.35 bits per heavy atom. The minimum absolute atomic E-state index is 0.149. The summed E-state index contributed by atoms with van der Waals surface area (Å²) in [4.78, 5) is 17.3. The van der Waals surface area contributed by atoms with E-state index in [2.05, 4.69) is 51.5 Å². The van der Waals surface area contributed by atoms with Crippen LogP contribution in [0, 0.1) is 17.2 Å². The first-order valence-corrected chi connectivity index (χ1v) is 9.90. The van der Waals surface area contributed by atoms with Crippen molar-refractivity contribution in [3.63, 3.8) is 0 Å². The van der Waals surface area contributed by atoms with Gasteiger partial charge >= 0.3 is 0 Å². The van der Waals surface area contributed by atoms with Crippen molar-refractivity contribution in [3.05, 3.63) is 35.9 Å². The number of nitrogens with zero attached hydrogens (tertiary/aromatic N) is 3. The molecular formula is C21H30N4O. The molecule has 0 aliphatic carbocycles. The van der Waals surface area contributed by atoms with Gasteiger partial charge in [-0.25, -0.2) is 0 Å². The number of piperidine rings is 2. The molecule has 2 aliphatic heterocycles. The Bertz CT molecular complexity index is 596. The number of carbonyl (C=O) groups excluding carboxylic acids is 1. The quantitative estimate of drug-likeness (QED) is 0.852. The first-order valence-electron chi connectivity index (χ1n) is 9.90. The van der Waals surface area contributed by atoms with Crippen LogP contribution in [0.5, 0.6) is 0 Å². The van der Waals surface area contributed by atoms with Crippen LogP contribution < -0.4 is 5.32 Å². The van der Waals surface area contributed by atoms with Gasteiger partial charge in [0.1, 0.15) is 0 Å². The van der Waals surface area contributed by atoms with Gasteiger partial charge in [0.2, 0.25) is 5.91 Å². The molecule has 1 amide bonds. The third kappa shape index (κ3) is 5.55. The summed E-state index contributed by atoms with van der Waals surface area (Å²) >= 11 is 0. The Hall–Kier alpha value is -1.90. The van der Waals surface area contributed by atoms with Crippen LogP contribution in [0.15, 0.2) is 30.3 Å². The van der Waals surface area contributed by atoms with Crippen LogP contribution in [-0.4, -0.2) is 54.5 Å². The van der Waals surface area contributed by atoms with Crippen LogP contribution in [0.4, 0.5) is 0 Å². The molecule has 5 nitrogen and oxygen atoms in total. The summed E-state index contributed by atoms with van der Waals surface area (Å²) < 4.78 is 0. The maximum atomic E-state index is 12.6. The Kier molecular flexibility index (Phi) is 7.04. The lowest BCUT2D eigenvalue weighted by Crippen LogP contribution is -2.48. The summed E-state index contributed by atoms with van der Waals surface area (Å²) in [7, 11) is 0. The van der Waals surface area contributed by atoms with Crippen LogP contribution in [-0.2, 0) is 11.3 Å². The molecule has 0 atom stereocenters. The van der Waals surface area contributed by atoms with E-state index in [4.69, 9.17) is 5.26 Å². The number of benzene rings is 1. The van der Waals surface area contributed by atoms with Crippen molar-refractivity contribution in [2.45, 2.75) is 44.7 Å². The maximum absolute atomic E-state index is 12.6. The topological polar surface area (TPSA) is 59.4 Å². The zero-order chi connectivity index (χ0) is 18.2. The van der Waals surface area contributed by atoms with E-state index in [0.29, 0.717) is 12.5 Å². The number of nitriles is 1. The third-order valence-corrected chi connectivity index (χ3v) is 5.68. The summed E-state index contributed by atoms with van der Waals surface area (Å²) in [5, 5.41) is 12.0. The standard InChI is InChI=1S/C21H30N4O/c22-11-4-12-24-13-7-19(8-14-24)21(26)23-20-9-15-25(16-10-20)17-18-5-2-1-3-6-18/h1-3,5-6,19-20H,4,7-10,12-17H2,(H,23,26). The normalized spacial score (nSPS) is 20.6. The Morgan fingerprint density at radius 1 is 1.04 bits per heavy atom. The summed E-state index contributed by atoms with van der Waals surface area (Å²) in [5.41, 5.74) is 1.36. The van der Waals surface area contributed by atoms with Gasteiger partial charge in [0.05, 0.1) is 6.07 Å². The highest BCUT2D eigenvalue weighted by atomic mass is 16.1. The molecule has 2 saturated heterocycles. The van der Waals surface area contributed by atoms with Crippen molar-refractivity contribution >= 4 is 5.91 Å². The van der Waals surface area contributed by atoms with Gasteiger partial charge in [-0.2, -0.15) is 5.26 Å². The van der Waals surface area contributed by atoms with E-state index in [1.807, 2.05) is 0 Å². The van der Waals surface area contributed by atoms with Gasteiger partial charge in [-0.1, -0.05) is 30.3 Å². The first kappa shape index (κ1) is 18.9. The predicted molar refractivity (Wildman–Crippen MR) is 102 cm³/mol. The van der Waals surface area contributed by atoms with Gasteiger partial charge < -0.3 is 10.2 Å². The van der Waals surface area contributed by atoms with Crippen LogP contribution >= 0.6 is 0 Å². The maximum Gasteiger partial charge on any atom is 0.223 e. The molecule has 0 unspecified atom stereocenters. The smallest absolute Gasteiger partial charge is 0.223 e. The second kappa shape index (κ2) is 9.70. The van der Waals surface area contributed by atoms with Crippen molar-refractivity contribution in [1.82, 2.24) is 15.1 Å². The van der Waals surface area contributed by atoms with E-state index in [1.165, 1.54) is 5.56 Å². The zero-order valence-corrected chi connectivity index (χ0v) is 15.6. The van der Waals surface area contributed by atoms with E-state index in [1.54, 1.807) is 0 Å². The van der Waals surface area contributed by atoms with Crippen LogP contribution in [0.25, 0.3) is 0 Å². The molecule has 5 heteroatoms. The molecule has 2 heterocycles. The highest BCUT2D eigenvalue weighted by molar-refractivity contribution is 5.79. The summed E-state index contributed by atoms with van der Waals surface area (Å²) in [6.07, 6.45) is 4.51. The second-order valence-electron chi connectivity index (χ2n) is 7.57. The second-order valence-corrected chi connectivity index (χ2v) is 7.57. The molecule has 0 saturated carbocycles. The molecule has 1 aromatic rings. The average Bonchev–Trinajstić information content (AvgIpc) is 2.69. The lowest BCUT2D eigenvalue weighted by molar-refractivity contribution is -0.127. The summed E-state index contributed by atoms with van der Waals surface area (Å²) in [6, 6.07) is 13.1. The number of hydrogen-bond donors (Lipinski definition) is 1. The number of likely N-dealkylation sites (tertiary alicyclic amines) is 2. The number of amides is 1. The highest BCUT2D eigenvalue weighted by Crippen LogP contribution is 2.19. The minimum Gasteiger partial charge on any atom is -0.353 e. The monoisotopic (exact) mass is 354 g/mol. The van der Waals surface area contributed by atoms with E-state index >= 15 is 0 Å². The fraction of sp³-hybridized carbons (Fsp3) is 0.619. The molecule has 26 heavy (non-hydrogen) atoms. The molecule has 0 aromatic heterocycles. The van der Waals surface area contributed by atoms with Crippen molar-refractivity contribution in [2.24, 2.45) is 5.92 Å². The van der Waals surface area contributed by atoms with Gasteiger partial charge in [-0.3, -0.25) is 9.69 Å². The van der Waals surface area contributed by atoms with E-state index in [-0.39, 0.29) is 11.8 Å². The van der Waals surface area contributed by atoms with Gasteiger partial charge in [-0.15, -0.1) is 0 Å². The van der Waals surface area contributed by atoms with E-state index in [9.17, 15) is 4.79 Å². The molecule has 0 spiro atoms. The predicted octanol–water partition coefficient (Wildman–Crippen LogP) is 2.39. The lowest BCUT2D eigenvalue weighted by Gasteiger charge is -2.35. The molecule has 0 radical (unpaired) electrons. The number of carbonyl (C=O) groups is 1. The summed E-state index contributed by atoms with van der Waals surface area (Å²) in [6.45, 7) is 5.82. The minimum atomic E-state index is 0.149. The number of rotatable bonds is 6. The fourth-order valence-corrected chi connectivity index (χ4v) is 4.02. The molecular weight excluding hydrogens is 324 g/mol. The van der Waals surface area contributed by atoms with Crippen molar-refractivity contribution in [3.8, 4) is 6.07 Å². The molecule has 1 aromatic carbocycles. The fourth-order valence-electron chi connectivity index (χ4n) is 4.02. The lowest BCUT2D eigenvalue weighted by atomic mass is 9.94. The molecule has 2 fully saturated rings. The van der Waals surface area contributed by atoms with Gasteiger partial charge in [-0.05, 0) is 44.3 Å². The third-order valence-electron chi connectivity index (χ3n) is 5.68. The number of hydrogen-bond acceptors (Lipinski definition) is 4. The first-order chi connectivity index (χ1) is 12.7. The highest BCUT2D eigenvalue weighted by Gasteiger charge is 2.27. The Balaban J connectivity index is 1.35. The van der Waals surface area contributed by atoms with Crippen LogP contribution in [0.3, 0.4) is 0 Å². The molecule has 3 rings (SSSR count). The Labute approximate surface area is 157 Å². The van der Waals surface area contributed by atoms with Crippen LogP contribution in [0.2, 0.25) is 0 Å². The van der Waals surface area contributed by atoms with Crippen molar-refractivity contribution < 1.29 is 4.79 Å². The SMILES string of the molecule is N#CCCN1CCC(C(=O)NC2CCN(Cc3ccccc3)CC2)CC1. The van der Waals surface area contributed by atoms with Crippen molar-refractivity contribution in [2.75, 3.05) is 32.7 Å². The largest absolute Gasteiger partial charge is 0.353 e. The molecule has 0 bridgehead atoms. The molecule has 140 valence electrons. The van der Waals surface area contributed by atoms with Gasteiger partial charge in [0.15, 0.2) is 0 Å². The molecule has 2 aliphatic rings. The summed E-state index contributed by atoms with van der Waals surface area (Å²) in [5.74, 6) is 0.391. The van der Waals surface area contributed by atoms with Crippen LogP contribution in [0.1, 0.15) is 37.7 Å². The van der Waals surface area contributed by atoms with Gasteiger partial charge in [0, 0.05) is 44.6 Å². The Morgan fingerprint density at radius 2 is 1.69 bits per heavy atom. The van der Waals surface area contributed by atoms with E-state index in [0.717, 1.165) is 65.0 Å². The molecule has 1 N–H and O–H groups in total. The van der Waals surface area contributed by atoms with Crippen molar-refractivity contribution in [1.29, 1.82) is 5.26 Å². The zero-order valence-electron chi connectivity index (χ0n) is 15.6. The number of nitrogens with one attached hydrogen (secondary N) is 1. The van der Waals surface area contributed by atoms with E-state index < -0.39 is 0 Å². The average molecular weight is 354 g/mol. The van der Waals surface area contributed by atoms with Gasteiger partial charge in [0.25, 0.3) is 0 Å².